The highest BCUT2D eigenvalue weighted by molar-refractivity contribution is 5.82. The number of Topliss-reactive ketones (excluding diaryl/α,β-unsaturated/α-hetero) is 1. The molecule has 0 spiro atoms. The van der Waals surface area contributed by atoms with Crippen LogP contribution in [0.25, 0.3) is 0 Å². The molecule has 0 aromatic carbocycles. The summed E-state index contributed by atoms with van der Waals surface area (Å²) in [6.45, 7) is 4.06. The lowest BCUT2D eigenvalue weighted by atomic mass is 9.80. The van der Waals surface area contributed by atoms with E-state index in [-0.39, 0.29) is 12.4 Å². The van der Waals surface area contributed by atoms with Crippen LogP contribution in [0.15, 0.2) is 0 Å². The van der Waals surface area contributed by atoms with E-state index in [1.54, 1.807) is 0 Å². The Hall–Kier alpha value is -0.530. The van der Waals surface area contributed by atoms with Gasteiger partial charge in [-0.2, -0.15) is 0 Å². The molecule has 0 aromatic rings. The van der Waals surface area contributed by atoms with Crippen LogP contribution in [0.3, 0.4) is 0 Å². The van der Waals surface area contributed by atoms with Gasteiger partial charge in [0.05, 0.1) is 12.5 Å². The average Bonchev–Trinajstić information content (AvgIpc) is 2.76. The third-order valence-electron chi connectivity index (χ3n) is 6.64. The molecule has 1 rings (SSSR count). The molecule has 0 bridgehead atoms. The van der Waals surface area contributed by atoms with Crippen LogP contribution >= 0.6 is 0 Å². The first-order valence-corrected chi connectivity index (χ1v) is 12.8. The molecule has 0 aromatic heterocycles. The van der Waals surface area contributed by atoms with Crippen LogP contribution < -0.4 is 0 Å². The van der Waals surface area contributed by atoms with Crippen LogP contribution in [0.4, 0.5) is 0 Å². The van der Waals surface area contributed by atoms with E-state index in [9.17, 15) is 25.2 Å². The summed E-state index contributed by atoms with van der Waals surface area (Å²) in [5.41, 5.74) is 0. The highest BCUT2D eigenvalue weighted by atomic mass is 16.6. The maximum atomic E-state index is 13.0. The lowest BCUT2D eigenvalue weighted by Gasteiger charge is -2.45. The van der Waals surface area contributed by atoms with E-state index in [2.05, 4.69) is 13.8 Å². The van der Waals surface area contributed by atoms with Crippen molar-refractivity contribution < 1.29 is 30.0 Å². The molecule has 6 nitrogen and oxygen atoms in total. The van der Waals surface area contributed by atoms with Crippen LogP contribution in [-0.4, -0.2) is 56.9 Å². The summed E-state index contributed by atoms with van der Waals surface area (Å²) < 4.78 is 5.40. The van der Waals surface area contributed by atoms with Crippen molar-refractivity contribution in [1.29, 1.82) is 0 Å². The Labute approximate surface area is 189 Å². The van der Waals surface area contributed by atoms with Crippen molar-refractivity contribution in [3.63, 3.8) is 0 Å². The molecular formula is C25H48O6. The first-order valence-electron chi connectivity index (χ1n) is 12.8. The summed E-state index contributed by atoms with van der Waals surface area (Å²) in [5.74, 6) is -3.15. The van der Waals surface area contributed by atoms with Gasteiger partial charge in [-0.1, -0.05) is 97.3 Å². The number of hydrogen-bond donors (Lipinski definition) is 4. The summed E-state index contributed by atoms with van der Waals surface area (Å²) >= 11 is 0. The first-order chi connectivity index (χ1) is 14.9. The van der Waals surface area contributed by atoms with Crippen LogP contribution in [0.5, 0.6) is 0 Å². The number of unbranched alkanes of at least 4 members (excludes halogenated alkanes) is 12. The van der Waals surface area contributed by atoms with Gasteiger partial charge in [-0.05, 0) is 12.8 Å². The molecule has 1 saturated heterocycles. The molecule has 1 aliphatic rings. The van der Waals surface area contributed by atoms with E-state index in [1.807, 2.05) is 0 Å². The first kappa shape index (κ1) is 28.5. The Bertz CT molecular complexity index is 471. The fourth-order valence-electron chi connectivity index (χ4n) is 4.50. The van der Waals surface area contributed by atoms with Gasteiger partial charge in [-0.3, -0.25) is 4.79 Å². The number of ketones is 1. The van der Waals surface area contributed by atoms with E-state index < -0.39 is 30.0 Å². The molecule has 0 aliphatic carbocycles. The van der Waals surface area contributed by atoms with Crippen molar-refractivity contribution >= 4 is 5.78 Å². The van der Waals surface area contributed by atoms with Gasteiger partial charge in [-0.25, -0.2) is 0 Å². The summed E-state index contributed by atoms with van der Waals surface area (Å²) in [4.78, 5) is 13.0. The molecule has 184 valence electrons. The Morgan fingerprint density at radius 3 is 1.87 bits per heavy atom. The Balaban J connectivity index is 2.57. The SMILES string of the molecule is CCCCCCCCCCCC(C(=O)CCCCCCC)C1(O)OC[C@@H](O)[C@H](O)[C@H]1O. The third kappa shape index (κ3) is 9.87. The second-order valence-corrected chi connectivity index (χ2v) is 9.37. The number of ether oxygens (including phenoxy) is 1. The van der Waals surface area contributed by atoms with Crippen molar-refractivity contribution in [2.24, 2.45) is 5.92 Å². The Morgan fingerprint density at radius 2 is 1.32 bits per heavy atom. The van der Waals surface area contributed by atoms with Crippen molar-refractivity contribution in [1.82, 2.24) is 0 Å². The maximum absolute atomic E-state index is 13.0. The molecular weight excluding hydrogens is 396 g/mol. The molecule has 0 amide bonds. The average molecular weight is 445 g/mol. The minimum atomic E-state index is -2.14. The summed E-state index contributed by atoms with van der Waals surface area (Å²) in [7, 11) is 0. The van der Waals surface area contributed by atoms with Crippen molar-refractivity contribution in [2.45, 2.75) is 141 Å². The molecule has 6 heteroatoms. The summed E-state index contributed by atoms with van der Waals surface area (Å²) in [6, 6.07) is 0. The highest BCUT2D eigenvalue weighted by Gasteiger charge is 2.54. The summed E-state index contributed by atoms with van der Waals surface area (Å²) in [6.07, 6.45) is 11.7. The monoisotopic (exact) mass is 444 g/mol. The second kappa shape index (κ2) is 16.1. The quantitative estimate of drug-likeness (QED) is 0.235. The normalized spacial score (nSPS) is 27.4. The van der Waals surface area contributed by atoms with E-state index in [0.29, 0.717) is 12.8 Å². The van der Waals surface area contributed by atoms with Gasteiger partial charge in [0.15, 0.2) is 0 Å². The zero-order valence-corrected chi connectivity index (χ0v) is 19.9. The molecule has 1 aliphatic heterocycles. The van der Waals surface area contributed by atoms with Crippen molar-refractivity contribution in [3.05, 3.63) is 0 Å². The number of carbonyl (C=O) groups is 1. The van der Waals surface area contributed by atoms with Gasteiger partial charge in [0.2, 0.25) is 5.79 Å². The smallest absolute Gasteiger partial charge is 0.204 e. The molecule has 0 radical (unpaired) electrons. The van der Waals surface area contributed by atoms with Crippen molar-refractivity contribution in [2.75, 3.05) is 6.61 Å². The van der Waals surface area contributed by atoms with E-state index in [4.69, 9.17) is 4.74 Å². The van der Waals surface area contributed by atoms with E-state index in [1.165, 1.54) is 38.5 Å². The number of aliphatic hydroxyl groups is 4. The van der Waals surface area contributed by atoms with E-state index in [0.717, 1.165) is 51.4 Å². The van der Waals surface area contributed by atoms with Gasteiger partial charge in [0.1, 0.15) is 24.1 Å². The predicted molar refractivity (Wildman–Crippen MR) is 123 cm³/mol. The predicted octanol–water partition coefficient (Wildman–Crippen LogP) is 4.25. The fraction of sp³-hybridized carbons (Fsp3) is 0.960. The van der Waals surface area contributed by atoms with Crippen LogP contribution in [0.2, 0.25) is 0 Å². The largest absolute Gasteiger partial charge is 0.388 e. The van der Waals surface area contributed by atoms with Crippen LogP contribution in [0.1, 0.15) is 117 Å². The number of rotatable bonds is 18. The zero-order valence-electron chi connectivity index (χ0n) is 19.9. The molecule has 1 heterocycles. The topological polar surface area (TPSA) is 107 Å². The molecule has 31 heavy (non-hydrogen) atoms. The maximum Gasteiger partial charge on any atom is 0.204 e. The Morgan fingerprint density at radius 1 is 0.839 bits per heavy atom. The number of carbonyl (C=O) groups excluding carboxylic acids is 1. The molecule has 0 saturated carbocycles. The van der Waals surface area contributed by atoms with Gasteiger partial charge in [-0.15, -0.1) is 0 Å². The zero-order chi connectivity index (χ0) is 23.1. The van der Waals surface area contributed by atoms with Crippen molar-refractivity contribution in [3.8, 4) is 0 Å². The molecule has 5 atom stereocenters. The summed E-state index contributed by atoms with van der Waals surface area (Å²) in [5, 5.41) is 41.3. The van der Waals surface area contributed by atoms with E-state index >= 15 is 0 Å². The lowest BCUT2D eigenvalue weighted by Crippen LogP contribution is -2.65. The minimum Gasteiger partial charge on any atom is -0.388 e. The molecule has 1 fully saturated rings. The van der Waals surface area contributed by atoms with Crippen LogP contribution in [-0.2, 0) is 9.53 Å². The van der Waals surface area contributed by atoms with Crippen LogP contribution in [0, 0.1) is 5.92 Å². The lowest BCUT2D eigenvalue weighted by molar-refractivity contribution is -0.337. The third-order valence-corrected chi connectivity index (χ3v) is 6.64. The highest BCUT2D eigenvalue weighted by Crippen LogP contribution is 2.35. The standard InChI is InChI=1S/C25H48O6/c1-3-5-7-9-10-11-12-14-15-17-20(21(26)18-16-13-8-6-4-2)25(30)24(29)23(28)22(27)19-31-25/h20,22-24,27-30H,3-19H2,1-2H3/t20?,22-,23+,24-,25?/m1/s1. The Kier molecular flexibility index (Phi) is 14.8. The minimum absolute atomic E-state index is 0.124. The molecule has 4 N–H and O–H groups in total. The van der Waals surface area contributed by atoms with Gasteiger partial charge < -0.3 is 25.2 Å². The van der Waals surface area contributed by atoms with Gasteiger partial charge in [0, 0.05) is 6.42 Å². The van der Waals surface area contributed by atoms with Gasteiger partial charge in [0.25, 0.3) is 0 Å². The number of aliphatic hydroxyl groups excluding tert-OH is 3. The molecule has 2 unspecified atom stereocenters. The number of hydrogen-bond acceptors (Lipinski definition) is 6. The van der Waals surface area contributed by atoms with Gasteiger partial charge >= 0.3 is 0 Å². The second-order valence-electron chi connectivity index (χ2n) is 9.37. The fourth-order valence-corrected chi connectivity index (χ4v) is 4.50.